The lowest BCUT2D eigenvalue weighted by Crippen LogP contribution is -2.37. The third kappa shape index (κ3) is 2.45. The van der Waals surface area contributed by atoms with Gasteiger partial charge in [-0.05, 0) is 48.5 Å². The highest BCUT2D eigenvalue weighted by Crippen LogP contribution is 2.29. The molecule has 3 heterocycles. The molecule has 2 aromatic carbocycles. The van der Waals surface area contributed by atoms with Gasteiger partial charge < -0.3 is 0 Å². The number of fused-ring (bicyclic) bond motifs is 3. The van der Waals surface area contributed by atoms with Crippen molar-refractivity contribution in [3.05, 3.63) is 87.2 Å². The van der Waals surface area contributed by atoms with Gasteiger partial charge in [-0.2, -0.15) is 4.98 Å². The van der Waals surface area contributed by atoms with Gasteiger partial charge in [0.25, 0.3) is 5.56 Å². The van der Waals surface area contributed by atoms with Crippen molar-refractivity contribution in [3.8, 4) is 16.9 Å². The lowest BCUT2D eigenvalue weighted by molar-refractivity contribution is 0.627. The smallest absolute Gasteiger partial charge is 0.279 e. The molecule has 0 N–H and O–H groups in total. The summed E-state index contributed by atoms with van der Waals surface area (Å²) in [6.45, 7) is 0. The van der Waals surface area contributed by atoms with E-state index in [0.717, 1.165) is 4.57 Å². The molecular formula is C21H15F2N5O2. The van der Waals surface area contributed by atoms with Crippen LogP contribution in [0.15, 0.2) is 64.3 Å². The van der Waals surface area contributed by atoms with Crippen molar-refractivity contribution in [2.45, 2.75) is 0 Å². The number of rotatable bonds is 2. The number of halogens is 2. The topological polar surface area (TPSA) is 66.2 Å². The van der Waals surface area contributed by atoms with Crippen LogP contribution in [0.5, 0.6) is 0 Å². The minimum Gasteiger partial charge on any atom is -0.279 e. The number of hydrogen-bond donors (Lipinski definition) is 0. The highest BCUT2D eigenvalue weighted by Gasteiger charge is 2.21. The molecule has 0 aliphatic carbocycles. The van der Waals surface area contributed by atoms with Crippen LogP contribution in [-0.4, -0.2) is 23.1 Å². The summed E-state index contributed by atoms with van der Waals surface area (Å²) in [4.78, 5) is 29.7. The lowest BCUT2D eigenvalue weighted by atomic mass is 10.1. The Balaban J connectivity index is 1.95. The molecule has 3 aromatic heterocycles. The molecule has 0 amide bonds. The fourth-order valence-electron chi connectivity index (χ4n) is 3.64. The van der Waals surface area contributed by atoms with E-state index < -0.39 is 17.1 Å². The summed E-state index contributed by atoms with van der Waals surface area (Å²) >= 11 is 0. The van der Waals surface area contributed by atoms with E-state index in [1.54, 1.807) is 46.5 Å². The molecule has 0 saturated carbocycles. The molecule has 0 aliphatic rings. The van der Waals surface area contributed by atoms with Gasteiger partial charge >= 0.3 is 5.69 Å². The van der Waals surface area contributed by atoms with Crippen LogP contribution in [0.4, 0.5) is 8.78 Å². The van der Waals surface area contributed by atoms with Crippen molar-refractivity contribution < 1.29 is 8.78 Å². The first-order chi connectivity index (χ1) is 14.4. The fourth-order valence-corrected chi connectivity index (χ4v) is 3.64. The summed E-state index contributed by atoms with van der Waals surface area (Å²) < 4.78 is 32.6. The Hall–Kier alpha value is -4.01. The second kappa shape index (κ2) is 6.24. The molecule has 0 bridgehead atoms. The quantitative estimate of drug-likeness (QED) is 0.452. The minimum atomic E-state index is -0.486. The van der Waals surface area contributed by atoms with Gasteiger partial charge in [-0.25, -0.2) is 13.6 Å². The standard InChI is InChI=1S/C21H15F2N5O2/c1-25-18-17(19(29)26(2)21(25)30)27-11-16(12-3-5-13(22)6-4-12)28(20(27)24-18)15-9-7-14(23)8-10-15/h3-11H,1-2H3. The Morgan fingerprint density at radius 2 is 1.43 bits per heavy atom. The lowest BCUT2D eigenvalue weighted by Gasteiger charge is -2.09. The third-order valence-corrected chi connectivity index (χ3v) is 5.19. The van der Waals surface area contributed by atoms with Crippen LogP contribution in [0.1, 0.15) is 0 Å². The number of imidazole rings is 2. The molecule has 7 nitrogen and oxygen atoms in total. The van der Waals surface area contributed by atoms with Crippen LogP contribution in [0.2, 0.25) is 0 Å². The van der Waals surface area contributed by atoms with Gasteiger partial charge in [0.2, 0.25) is 5.78 Å². The highest BCUT2D eigenvalue weighted by atomic mass is 19.1. The third-order valence-electron chi connectivity index (χ3n) is 5.19. The first kappa shape index (κ1) is 18.0. The zero-order valence-electron chi connectivity index (χ0n) is 16.0. The molecular weight excluding hydrogens is 392 g/mol. The van der Waals surface area contributed by atoms with Crippen molar-refractivity contribution in [2.24, 2.45) is 14.1 Å². The van der Waals surface area contributed by atoms with Gasteiger partial charge in [-0.15, -0.1) is 0 Å². The summed E-state index contributed by atoms with van der Waals surface area (Å²) in [6, 6.07) is 11.7. The maximum atomic E-state index is 13.5. The highest BCUT2D eigenvalue weighted by molar-refractivity contribution is 5.79. The van der Waals surface area contributed by atoms with Gasteiger partial charge in [0.15, 0.2) is 11.2 Å². The second-order valence-corrected chi connectivity index (χ2v) is 6.99. The summed E-state index contributed by atoms with van der Waals surface area (Å²) in [7, 11) is 2.95. The van der Waals surface area contributed by atoms with E-state index >= 15 is 0 Å². The van der Waals surface area contributed by atoms with Crippen molar-refractivity contribution in [2.75, 3.05) is 0 Å². The van der Waals surface area contributed by atoms with Crippen LogP contribution in [-0.2, 0) is 14.1 Å². The van der Waals surface area contributed by atoms with Crippen molar-refractivity contribution in [3.63, 3.8) is 0 Å². The molecule has 9 heteroatoms. The predicted molar refractivity (Wildman–Crippen MR) is 108 cm³/mol. The Labute approximate surface area is 167 Å². The van der Waals surface area contributed by atoms with E-state index in [9.17, 15) is 18.4 Å². The molecule has 0 fully saturated rings. The van der Waals surface area contributed by atoms with Crippen molar-refractivity contribution in [1.82, 2.24) is 23.1 Å². The maximum Gasteiger partial charge on any atom is 0.332 e. The number of benzene rings is 2. The van der Waals surface area contributed by atoms with Crippen LogP contribution < -0.4 is 11.2 Å². The molecule has 0 aliphatic heterocycles. The molecule has 0 spiro atoms. The summed E-state index contributed by atoms with van der Waals surface area (Å²) in [5, 5.41) is 0. The number of aromatic nitrogens is 5. The predicted octanol–water partition coefficient (Wildman–Crippen LogP) is 2.62. The Morgan fingerprint density at radius 1 is 0.833 bits per heavy atom. The molecule has 0 radical (unpaired) electrons. The average Bonchev–Trinajstić information content (AvgIpc) is 3.28. The Bertz CT molecular complexity index is 1550. The molecule has 5 aromatic rings. The molecule has 0 unspecified atom stereocenters. The van der Waals surface area contributed by atoms with E-state index in [1.165, 1.54) is 35.9 Å². The Morgan fingerprint density at radius 3 is 2.07 bits per heavy atom. The van der Waals surface area contributed by atoms with Gasteiger partial charge in [-0.1, -0.05) is 0 Å². The van der Waals surface area contributed by atoms with Crippen molar-refractivity contribution >= 4 is 16.9 Å². The van der Waals surface area contributed by atoms with E-state index in [-0.39, 0.29) is 17.0 Å². The van der Waals surface area contributed by atoms with Crippen LogP contribution in [0, 0.1) is 11.6 Å². The number of aryl methyl sites for hydroxylation is 1. The second-order valence-electron chi connectivity index (χ2n) is 6.99. The molecule has 30 heavy (non-hydrogen) atoms. The van der Waals surface area contributed by atoms with Crippen LogP contribution in [0.25, 0.3) is 33.9 Å². The zero-order valence-corrected chi connectivity index (χ0v) is 16.0. The molecule has 150 valence electrons. The first-order valence-electron chi connectivity index (χ1n) is 9.08. The first-order valence-corrected chi connectivity index (χ1v) is 9.08. The molecule has 0 atom stereocenters. The number of nitrogens with zero attached hydrogens (tertiary/aromatic N) is 5. The zero-order chi connectivity index (χ0) is 21.2. The molecule has 0 saturated heterocycles. The SMILES string of the molecule is Cn1c(=O)c2c(nc3n(-c4ccc(F)cc4)c(-c4ccc(F)cc4)cn23)n(C)c1=O. The van der Waals surface area contributed by atoms with E-state index in [2.05, 4.69) is 4.98 Å². The maximum absolute atomic E-state index is 13.5. The van der Waals surface area contributed by atoms with Crippen LogP contribution >= 0.6 is 0 Å². The average molecular weight is 407 g/mol. The summed E-state index contributed by atoms with van der Waals surface area (Å²) in [6.07, 6.45) is 1.70. The van der Waals surface area contributed by atoms with Gasteiger partial charge in [0, 0.05) is 31.5 Å². The Kier molecular flexibility index (Phi) is 3.76. The normalized spacial score (nSPS) is 11.6. The summed E-state index contributed by atoms with van der Waals surface area (Å²) in [5.41, 5.74) is 1.41. The van der Waals surface area contributed by atoms with E-state index in [1.807, 2.05) is 0 Å². The van der Waals surface area contributed by atoms with E-state index in [0.29, 0.717) is 22.7 Å². The number of hydrogen-bond acceptors (Lipinski definition) is 3. The largest absolute Gasteiger partial charge is 0.332 e. The summed E-state index contributed by atoms with van der Waals surface area (Å²) in [5.74, 6) is -0.401. The van der Waals surface area contributed by atoms with E-state index in [4.69, 9.17) is 0 Å². The van der Waals surface area contributed by atoms with Crippen molar-refractivity contribution in [1.29, 1.82) is 0 Å². The van der Waals surface area contributed by atoms with Gasteiger partial charge in [-0.3, -0.25) is 22.9 Å². The van der Waals surface area contributed by atoms with Gasteiger partial charge in [0.1, 0.15) is 11.6 Å². The monoisotopic (exact) mass is 407 g/mol. The molecule has 5 rings (SSSR count). The fraction of sp³-hybridized carbons (Fsp3) is 0.0952. The van der Waals surface area contributed by atoms with Gasteiger partial charge in [0.05, 0.1) is 5.69 Å². The van der Waals surface area contributed by atoms with Crippen LogP contribution in [0.3, 0.4) is 0 Å². The minimum absolute atomic E-state index is 0.235.